The molecule has 0 saturated heterocycles. The molecule has 1 atom stereocenters. The van der Waals surface area contributed by atoms with Crippen LogP contribution in [0.2, 0.25) is 0 Å². The lowest BCUT2D eigenvalue weighted by atomic mass is 10.1. The number of aromatic nitrogens is 1. The molecule has 7 heteroatoms. The van der Waals surface area contributed by atoms with Gasteiger partial charge in [-0.15, -0.1) is 0 Å². The molecular formula is C12H17N3O4. The Balaban J connectivity index is 2.52. The van der Waals surface area contributed by atoms with E-state index in [2.05, 4.69) is 5.18 Å². The van der Waals surface area contributed by atoms with Gasteiger partial charge in [-0.2, -0.15) is 4.91 Å². The Labute approximate surface area is 110 Å². The smallest absolute Gasteiger partial charge is 0.320 e. The third-order valence-corrected chi connectivity index (χ3v) is 2.92. The lowest BCUT2D eigenvalue weighted by Crippen LogP contribution is -2.29. The number of nitrogens with zero attached hydrogens (tertiary/aromatic N) is 2. The Hall–Kier alpha value is -2.02. The summed E-state index contributed by atoms with van der Waals surface area (Å²) in [5.41, 5.74) is 6.56. The van der Waals surface area contributed by atoms with Crippen LogP contribution in [-0.4, -0.2) is 28.0 Å². The molecule has 0 amide bonds. The highest BCUT2D eigenvalue weighted by atomic mass is 16.4. The van der Waals surface area contributed by atoms with Crippen LogP contribution in [0, 0.1) is 4.91 Å². The summed E-state index contributed by atoms with van der Waals surface area (Å²) >= 11 is 0. The number of aldehydes is 1. The first kappa shape index (κ1) is 15.0. The zero-order chi connectivity index (χ0) is 14.3. The van der Waals surface area contributed by atoms with E-state index in [4.69, 9.17) is 10.8 Å². The molecule has 0 fully saturated rings. The van der Waals surface area contributed by atoms with Crippen LogP contribution in [0.15, 0.2) is 17.3 Å². The minimum Gasteiger partial charge on any atom is -0.480 e. The van der Waals surface area contributed by atoms with Gasteiger partial charge in [0.05, 0.1) is 5.69 Å². The zero-order valence-corrected chi connectivity index (χ0v) is 10.5. The first-order valence-electron chi connectivity index (χ1n) is 6.01. The molecule has 0 aliphatic rings. The Kier molecular flexibility index (Phi) is 5.87. The van der Waals surface area contributed by atoms with Gasteiger partial charge in [-0.1, -0.05) is 5.18 Å². The predicted octanol–water partition coefficient (Wildman–Crippen LogP) is 1.15. The van der Waals surface area contributed by atoms with E-state index in [9.17, 15) is 14.5 Å². The van der Waals surface area contributed by atoms with Crippen LogP contribution in [0.25, 0.3) is 0 Å². The largest absolute Gasteiger partial charge is 0.480 e. The summed E-state index contributed by atoms with van der Waals surface area (Å²) < 4.78 is 1.72. The van der Waals surface area contributed by atoms with E-state index in [0.717, 1.165) is 6.29 Å². The lowest BCUT2D eigenvalue weighted by Gasteiger charge is -2.10. The summed E-state index contributed by atoms with van der Waals surface area (Å²) in [7, 11) is 0. The second-order valence-corrected chi connectivity index (χ2v) is 4.25. The Bertz CT molecular complexity index is 456. The molecule has 104 valence electrons. The van der Waals surface area contributed by atoms with E-state index in [0.29, 0.717) is 37.2 Å². The number of carbonyl (C=O) groups excluding carboxylic acids is 1. The number of unbranched alkanes of at least 4 members (excludes halogenated alkanes) is 1. The molecule has 0 aliphatic carbocycles. The molecule has 1 rings (SSSR count). The summed E-state index contributed by atoms with van der Waals surface area (Å²) in [5, 5.41) is 11.4. The molecule has 7 nitrogen and oxygen atoms in total. The van der Waals surface area contributed by atoms with Gasteiger partial charge in [0.25, 0.3) is 0 Å². The molecule has 1 unspecified atom stereocenters. The maximum absolute atomic E-state index is 10.8. The lowest BCUT2D eigenvalue weighted by molar-refractivity contribution is -0.138. The molecule has 0 spiro atoms. The number of carboxylic acid groups (broad SMARTS) is 1. The SMILES string of the molecule is NC(CCCCn1c(C=O)ccc1CN=O)C(=O)O. The zero-order valence-electron chi connectivity index (χ0n) is 10.5. The van der Waals surface area contributed by atoms with E-state index in [1.807, 2.05) is 0 Å². The van der Waals surface area contributed by atoms with Crippen molar-refractivity contribution < 1.29 is 14.7 Å². The minimum absolute atomic E-state index is 0.0163. The Morgan fingerprint density at radius 1 is 1.47 bits per heavy atom. The molecule has 0 aliphatic heterocycles. The third-order valence-electron chi connectivity index (χ3n) is 2.92. The summed E-state index contributed by atoms with van der Waals surface area (Å²) in [5.74, 6) is -1.01. The first-order valence-corrected chi connectivity index (χ1v) is 6.01. The van der Waals surface area contributed by atoms with Gasteiger partial charge in [0, 0.05) is 12.2 Å². The highest BCUT2D eigenvalue weighted by Crippen LogP contribution is 2.12. The fraction of sp³-hybridized carbons (Fsp3) is 0.500. The molecular weight excluding hydrogens is 250 g/mol. The average Bonchev–Trinajstić information content (AvgIpc) is 2.77. The van der Waals surface area contributed by atoms with E-state index < -0.39 is 12.0 Å². The van der Waals surface area contributed by atoms with E-state index in [1.165, 1.54) is 0 Å². The highest BCUT2D eigenvalue weighted by Gasteiger charge is 2.11. The maximum atomic E-state index is 10.8. The van der Waals surface area contributed by atoms with Crippen molar-refractivity contribution in [3.8, 4) is 0 Å². The monoisotopic (exact) mass is 267 g/mol. The van der Waals surface area contributed by atoms with Gasteiger partial charge < -0.3 is 15.4 Å². The average molecular weight is 267 g/mol. The van der Waals surface area contributed by atoms with E-state index in [-0.39, 0.29) is 6.54 Å². The van der Waals surface area contributed by atoms with Crippen molar-refractivity contribution in [2.75, 3.05) is 0 Å². The van der Waals surface area contributed by atoms with Crippen LogP contribution in [-0.2, 0) is 17.9 Å². The number of nitrogens with two attached hydrogens (primary N) is 1. The van der Waals surface area contributed by atoms with Crippen molar-refractivity contribution in [1.82, 2.24) is 4.57 Å². The number of nitroso groups, excluding NO2 is 1. The topological polar surface area (TPSA) is 115 Å². The number of carbonyl (C=O) groups is 2. The molecule has 1 aromatic heterocycles. The number of carboxylic acids is 1. The van der Waals surface area contributed by atoms with Crippen molar-refractivity contribution in [1.29, 1.82) is 0 Å². The summed E-state index contributed by atoms with van der Waals surface area (Å²) in [4.78, 5) is 31.7. The quantitative estimate of drug-likeness (QED) is 0.395. The predicted molar refractivity (Wildman–Crippen MR) is 68.8 cm³/mol. The van der Waals surface area contributed by atoms with Gasteiger partial charge in [0.15, 0.2) is 6.29 Å². The van der Waals surface area contributed by atoms with E-state index in [1.54, 1.807) is 16.7 Å². The standard InChI is InChI=1S/C12H17N3O4/c13-11(12(17)18)3-1-2-6-15-9(7-14-19)4-5-10(15)8-16/h4-5,8,11H,1-3,6-7,13H2,(H,17,18). The summed E-state index contributed by atoms with van der Waals surface area (Å²) in [6, 6.07) is 2.47. The molecule has 1 heterocycles. The fourth-order valence-electron chi connectivity index (χ4n) is 1.86. The van der Waals surface area contributed by atoms with Crippen LogP contribution in [0.1, 0.15) is 35.4 Å². The van der Waals surface area contributed by atoms with Crippen molar-refractivity contribution in [2.24, 2.45) is 10.9 Å². The van der Waals surface area contributed by atoms with Crippen LogP contribution < -0.4 is 5.73 Å². The van der Waals surface area contributed by atoms with Gasteiger partial charge in [-0.05, 0) is 31.4 Å². The fourth-order valence-corrected chi connectivity index (χ4v) is 1.86. The Morgan fingerprint density at radius 2 is 2.21 bits per heavy atom. The summed E-state index contributed by atoms with van der Waals surface area (Å²) in [6.45, 7) is 0.556. The van der Waals surface area contributed by atoms with Crippen molar-refractivity contribution in [3.63, 3.8) is 0 Å². The van der Waals surface area contributed by atoms with Crippen LogP contribution >= 0.6 is 0 Å². The normalized spacial score (nSPS) is 12.1. The van der Waals surface area contributed by atoms with Crippen LogP contribution in [0.5, 0.6) is 0 Å². The van der Waals surface area contributed by atoms with Gasteiger partial charge in [-0.3, -0.25) is 9.59 Å². The number of hydrogen-bond acceptors (Lipinski definition) is 5. The van der Waals surface area contributed by atoms with Gasteiger partial charge >= 0.3 is 5.97 Å². The molecule has 19 heavy (non-hydrogen) atoms. The second-order valence-electron chi connectivity index (χ2n) is 4.25. The molecule has 3 N–H and O–H groups in total. The van der Waals surface area contributed by atoms with Crippen molar-refractivity contribution in [3.05, 3.63) is 28.4 Å². The number of rotatable bonds is 9. The maximum Gasteiger partial charge on any atom is 0.320 e. The van der Waals surface area contributed by atoms with Crippen LogP contribution in [0.3, 0.4) is 0 Å². The third kappa shape index (κ3) is 4.29. The Morgan fingerprint density at radius 3 is 2.79 bits per heavy atom. The van der Waals surface area contributed by atoms with Crippen molar-refractivity contribution in [2.45, 2.75) is 38.4 Å². The first-order chi connectivity index (χ1) is 9.10. The molecule has 0 aromatic carbocycles. The van der Waals surface area contributed by atoms with Gasteiger partial charge in [0.1, 0.15) is 12.6 Å². The molecule has 1 aromatic rings. The number of hydrogen-bond donors (Lipinski definition) is 2. The summed E-state index contributed by atoms with van der Waals surface area (Å²) in [6.07, 6.45) is 2.42. The van der Waals surface area contributed by atoms with E-state index >= 15 is 0 Å². The number of aliphatic carboxylic acids is 1. The second kappa shape index (κ2) is 7.42. The highest BCUT2D eigenvalue weighted by molar-refractivity contribution is 5.73. The van der Waals surface area contributed by atoms with Gasteiger partial charge in [0.2, 0.25) is 0 Å². The molecule has 0 radical (unpaired) electrons. The minimum atomic E-state index is -1.01. The molecule has 0 bridgehead atoms. The molecule has 0 saturated carbocycles. The van der Waals surface area contributed by atoms with Crippen molar-refractivity contribution >= 4 is 12.3 Å². The van der Waals surface area contributed by atoms with Gasteiger partial charge in [-0.25, -0.2) is 0 Å². The van der Waals surface area contributed by atoms with Crippen LogP contribution in [0.4, 0.5) is 0 Å².